The van der Waals surface area contributed by atoms with Gasteiger partial charge in [0.25, 0.3) is 0 Å². The maximum Gasteiger partial charge on any atom is 0.143 e. The first-order chi connectivity index (χ1) is 12.3. The van der Waals surface area contributed by atoms with Crippen molar-refractivity contribution in [1.82, 2.24) is 24.7 Å². The predicted octanol–water partition coefficient (Wildman–Crippen LogP) is 3.93. The largest absolute Gasteiger partial charge is 0.346 e. The summed E-state index contributed by atoms with van der Waals surface area (Å²) in [4.78, 5) is 11.6. The van der Waals surface area contributed by atoms with Crippen LogP contribution in [0.15, 0.2) is 31.0 Å². The molecule has 3 aromatic rings. The Balaban J connectivity index is 1.56. The highest BCUT2D eigenvalue weighted by Gasteiger charge is 2.25. The molecule has 0 aliphatic heterocycles. The molecule has 0 radical (unpaired) electrons. The fourth-order valence-corrected chi connectivity index (χ4v) is 3.78. The number of nitrogens with zero attached hydrogens (tertiary/aromatic N) is 5. The third-order valence-corrected chi connectivity index (χ3v) is 5.05. The number of H-pyrrole nitrogens is 1. The minimum Gasteiger partial charge on any atom is -0.346 e. The summed E-state index contributed by atoms with van der Waals surface area (Å²) in [6.07, 6.45) is 13.9. The fraction of sp³-hybridized carbons (Fsp3) is 0.444. The Morgan fingerprint density at radius 3 is 3.04 bits per heavy atom. The molecule has 0 bridgehead atoms. The monoisotopic (exact) mass is 335 g/mol. The van der Waals surface area contributed by atoms with E-state index in [-0.39, 0.29) is 6.04 Å². The SMILES string of the molecule is N#CCC(C1CCCCC1)n1cc(Nc2ncnc3[nH]ccc23)cn1. The molecule has 0 aromatic carbocycles. The number of nitrogens with one attached hydrogen (secondary N) is 2. The highest BCUT2D eigenvalue weighted by Crippen LogP contribution is 2.35. The summed E-state index contributed by atoms with van der Waals surface area (Å²) in [6, 6.07) is 4.44. The second kappa shape index (κ2) is 6.93. The highest BCUT2D eigenvalue weighted by atomic mass is 15.3. The maximum atomic E-state index is 9.24. The molecule has 0 amide bonds. The zero-order valence-corrected chi connectivity index (χ0v) is 14.0. The second-order valence-electron chi connectivity index (χ2n) is 6.62. The molecule has 1 unspecified atom stereocenters. The summed E-state index contributed by atoms with van der Waals surface area (Å²) >= 11 is 0. The Kier molecular flexibility index (Phi) is 4.34. The molecule has 1 atom stereocenters. The Morgan fingerprint density at radius 2 is 2.20 bits per heavy atom. The van der Waals surface area contributed by atoms with E-state index in [1.54, 1.807) is 6.20 Å². The third-order valence-electron chi connectivity index (χ3n) is 5.05. The molecule has 1 saturated carbocycles. The van der Waals surface area contributed by atoms with Crippen LogP contribution < -0.4 is 5.32 Å². The van der Waals surface area contributed by atoms with Gasteiger partial charge in [0, 0.05) is 12.4 Å². The van der Waals surface area contributed by atoms with Crippen molar-refractivity contribution in [3.05, 3.63) is 31.0 Å². The summed E-state index contributed by atoms with van der Waals surface area (Å²) in [7, 11) is 0. The van der Waals surface area contributed by atoms with Crippen molar-refractivity contribution in [2.75, 3.05) is 5.32 Å². The Bertz CT molecular complexity index is 882. The van der Waals surface area contributed by atoms with E-state index in [0.29, 0.717) is 12.3 Å². The van der Waals surface area contributed by atoms with Crippen LogP contribution in [0.25, 0.3) is 11.0 Å². The average molecular weight is 335 g/mol. The van der Waals surface area contributed by atoms with Gasteiger partial charge in [-0.25, -0.2) is 9.97 Å². The molecule has 7 heteroatoms. The lowest BCUT2D eigenvalue weighted by Gasteiger charge is -2.28. The van der Waals surface area contributed by atoms with Crippen LogP contribution in [-0.4, -0.2) is 24.7 Å². The van der Waals surface area contributed by atoms with Gasteiger partial charge >= 0.3 is 0 Å². The standard InChI is InChI=1S/C18H21N7/c19-8-6-16(13-4-2-1-3-5-13)25-11-14(10-23-25)24-18-15-7-9-20-17(15)21-12-22-18/h7,9-13,16H,1-6H2,(H2,20,21,22,24). The number of aromatic amines is 1. The van der Waals surface area contributed by atoms with Crippen LogP contribution in [0.1, 0.15) is 44.6 Å². The summed E-state index contributed by atoms with van der Waals surface area (Å²) in [5.74, 6) is 1.29. The van der Waals surface area contributed by atoms with E-state index in [1.165, 1.54) is 38.4 Å². The van der Waals surface area contributed by atoms with Gasteiger partial charge in [0.05, 0.1) is 35.8 Å². The molecule has 2 N–H and O–H groups in total. The van der Waals surface area contributed by atoms with Gasteiger partial charge in [0.1, 0.15) is 17.8 Å². The van der Waals surface area contributed by atoms with Crippen molar-refractivity contribution in [2.24, 2.45) is 5.92 Å². The molecular formula is C18H21N7. The minimum atomic E-state index is 0.151. The summed E-state index contributed by atoms with van der Waals surface area (Å²) in [6.45, 7) is 0. The molecule has 7 nitrogen and oxygen atoms in total. The molecule has 0 saturated heterocycles. The number of fused-ring (bicyclic) bond motifs is 1. The van der Waals surface area contributed by atoms with Gasteiger partial charge in [0.2, 0.25) is 0 Å². The van der Waals surface area contributed by atoms with Crippen molar-refractivity contribution in [3.63, 3.8) is 0 Å². The molecular weight excluding hydrogens is 314 g/mol. The highest BCUT2D eigenvalue weighted by molar-refractivity contribution is 5.88. The van der Waals surface area contributed by atoms with Crippen LogP contribution in [0.5, 0.6) is 0 Å². The zero-order chi connectivity index (χ0) is 17.1. The Labute approximate surface area is 146 Å². The van der Waals surface area contributed by atoms with Gasteiger partial charge < -0.3 is 10.3 Å². The first-order valence-electron chi connectivity index (χ1n) is 8.81. The van der Waals surface area contributed by atoms with Crippen molar-refractivity contribution >= 4 is 22.5 Å². The number of anilines is 2. The normalized spacial score (nSPS) is 16.6. The van der Waals surface area contributed by atoms with E-state index in [1.807, 2.05) is 23.1 Å². The minimum absolute atomic E-state index is 0.151. The maximum absolute atomic E-state index is 9.24. The van der Waals surface area contributed by atoms with Crippen molar-refractivity contribution in [2.45, 2.75) is 44.6 Å². The first-order valence-corrected chi connectivity index (χ1v) is 8.81. The Morgan fingerprint density at radius 1 is 1.32 bits per heavy atom. The van der Waals surface area contributed by atoms with Crippen molar-refractivity contribution < 1.29 is 0 Å². The lowest BCUT2D eigenvalue weighted by atomic mass is 9.83. The van der Waals surface area contributed by atoms with Gasteiger partial charge in [-0.15, -0.1) is 0 Å². The number of aromatic nitrogens is 5. The van der Waals surface area contributed by atoms with Gasteiger partial charge in [-0.05, 0) is 24.8 Å². The molecule has 1 aliphatic carbocycles. The summed E-state index contributed by atoms with van der Waals surface area (Å²) in [5.41, 5.74) is 1.68. The smallest absolute Gasteiger partial charge is 0.143 e. The molecule has 1 aliphatic rings. The van der Waals surface area contributed by atoms with Crippen LogP contribution in [0.4, 0.5) is 11.5 Å². The topological polar surface area (TPSA) is 95.2 Å². The van der Waals surface area contributed by atoms with E-state index in [0.717, 1.165) is 22.5 Å². The summed E-state index contributed by atoms with van der Waals surface area (Å²) < 4.78 is 1.96. The van der Waals surface area contributed by atoms with Crippen LogP contribution >= 0.6 is 0 Å². The quantitative estimate of drug-likeness (QED) is 0.736. The molecule has 4 rings (SSSR count). The van der Waals surface area contributed by atoms with Gasteiger partial charge in [-0.2, -0.15) is 10.4 Å². The lowest BCUT2D eigenvalue weighted by Crippen LogP contribution is -2.22. The van der Waals surface area contributed by atoms with Gasteiger partial charge in [-0.1, -0.05) is 19.3 Å². The van der Waals surface area contributed by atoms with E-state index < -0.39 is 0 Å². The lowest BCUT2D eigenvalue weighted by molar-refractivity contribution is 0.237. The van der Waals surface area contributed by atoms with Crippen LogP contribution in [0.3, 0.4) is 0 Å². The van der Waals surface area contributed by atoms with Crippen molar-refractivity contribution in [1.29, 1.82) is 5.26 Å². The van der Waals surface area contributed by atoms with Crippen LogP contribution in [0, 0.1) is 17.2 Å². The van der Waals surface area contributed by atoms with Gasteiger partial charge in [0.15, 0.2) is 0 Å². The van der Waals surface area contributed by atoms with E-state index in [9.17, 15) is 5.26 Å². The van der Waals surface area contributed by atoms with E-state index in [4.69, 9.17) is 0 Å². The molecule has 25 heavy (non-hydrogen) atoms. The third kappa shape index (κ3) is 3.20. The van der Waals surface area contributed by atoms with E-state index in [2.05, 4.69) is 31.4 Å². The van der Waals surface area contributed by atoms with Gasteiger partial charge in [-0.3, -0.25) is 4.68 Å². The average Bonchev–Trinajstić information content (AvgIpc) is 3.30. The Hall–Kier alpha value is -2.88. The first kappa shape index (κ1) is 15.6. The number of hydrogen-bond acceptors (Lipinski definition) is 5. The molecule has 3 heterocycles. The zero-order valence-electron chi connectivity index (χ0n) is 14.0. The number of nitriles is 1. The molecule has 128 valence electrons. The van der Waals surface area contributed by atoms with E-state index >= 15 is 0 Å². The summed E-state index contributed by atoms with van der Waals surface area (Å²) in [5, 5.41) is 18.0. The second-order valence-corrected chi connectivity index (χ2v) is 6.62. The van der Waals surface area contributed by atoms with Crippen LogP contribution in [-0.2, 0) is 0 Å². The van der Waals surface area contributed by atoms with Crippen molar-refractivity contribution in [3.8, 4) is 6.07 Å². The molecule has 3 aromatic heterocycles. The predicted molar refractivity (Wildman–Crippen MR) is 95.2 cm³/mol. The van der Waals surface area contributed by atoms with Crippen LogP contribution in [0.2, 0.25) is 0 Å². The molecule has 0 spiro atoms. The molecule has 1 fully saturated rings. The number of rotatable bonds is 5. The fourth-order valence-electron chi connectivity index (χ4n) is 3.78. The number of hydrogen-bond donors (Lipinski definition) is 2.